The summed E-state index contributed by atoms with van der Waals surface area (Å²) >= 11 is 6.12. The van der Waals surface area contributed by atoms with E-state index in [9.17, 15) is 0 Å². The number of morpholine rings is 1. The topological polar surface area (TPSA) is 17.4 Å². The minimum atomic E-state index is 0.758. The van der Waals surface area contributed by atoms with Crippen LogP contribution in [0.2, 0.25) is 5.02 Å². The van der Waals surface area contributed by atoms with Crippen molar-refractivity contribution in [2.45, 2.75) is 20.4 Å². The smallest absolute Gasteiger partial charge is 0.0594 e. The second kappa shape index (κ2) is 7.89. The molecule has 1 saturated heterocycles. The van der Waals surface area contributed by atoms with Crippen molar-refractivity contribution in [3.63, 3.8) is 0 Å². The summed E-state index contributed by atoms with van der Waals surface area (Å²) in [4.78, 5) is 2.47. The highest BCUT2D eigenvalue weighted by Gasteiger charge is 2.18. The number of benzene rings is 2. The molecule has 1 aliphatic rings. The maximum Gasteiger partial charge on any atom is 0.0594 e. The first-order chi connectivity index (χ1) is 13.1. The predicted molar refractivity (Wildman–Crippen MR) is 112 cm³/mol. The van der Waals surface area contributed by atoms with E-state index in [1.807, 2.05) is 12.1 Å². The van der Waals surface area contributed by atoms with Gasteiger partial charge in [0.15, 0.2) is 0 Å². The Labute approximate surface area is 166 Å². The quantitative estimate of drug-likeness (QED) is 0.615. The first kappa shape index (κ1) is 18.3. The van der Waals surface area contributed by atoms with Crippen LogP contribution in [0.3, 0.4) is 0 Å². The van der Waals surface area contributed by atoms with Gasteiger partial charge in [-0.25, -0.2) is 0 Å². The van der Waals surface area contributed by atoms with Gasteiger partial charge in [-0.15, -0.1) is 0 Å². The van der Waals surface area contributed by atoms with Gasteiger partial charge in [0, 0.05) is 36.0 Å². The number of hydrogen-bond acceptors (Lipinski definition) is 2. The van der Waals surface area contributed by atoms with E-state index in [1.54, 1.807) is 0 Å². The second-order valence-electron chi connectivity index (χ2n) is 7.21. The van der Waals surface area contributed by atoms with E-state index in [4.69, 9.17) is 16.3 Å². The van der Waals surface area contributed by atoms with E-state index in [2.05, 4.69) is 65.8 Å². The van der Waals surface area contributed by atoms with Crippen LogP contribution in [-0.2, 0) is 11.3 Å². The Balaban J connectivity index is 1.78. The molecule has 0 unspecified atom stereocenters. The number of hydrogen-bond donors (Lipinski definition) is 0. The molecule has 140 valence electrons. The van der Waals surface area contributed by atoms with Crippen LogP contribution >= 0.6 is 11.6 Å². The van der Waals surface area contributed by atoms with Gasteiger partial charge in [-0.2, -0.15) is 0 Å². The minimum absolute atomic E-state index is 0.758. The molecule has 0 aliphatic carbocycles. The van der Waals surface area contributed by atoms with E-state index in [0.717, 1.165) is 43.6 Å². The summed E-state index contributed by atoms with van der Waals surface area (Å²) in [5.74, 6) is 0. The summed E-state index contributed by atoms with van der Waals surface area (Å²) in [6.45, 7) is 8.91. The molecule has 2 aromatic carbocycles. The molecule has 1 aliphatic heterocycles. The molecule has 0 amide bonds. The zero-order valence-electron chi connectivity index (χ0n) is 15.9. The average molecular weight is 381 g/mol. The summed E-state index contributed by atoms with van der Waals surface area (Å²) in [6, 6.07) is 19.2. The maximum atomic E-state index is 6.12. The largest absolute Gasteiger partial charge is 0.379 e. The molecule has 0 saturated carbocycles. The summed E-state index contributed by atoms with van der Waals surface area (Å²) in [7, 11) is 0. The van der Waals surface area contributed by atoms with Crippen LogP contribution in [0, 0.1) is 13.8 Å². The third-order valence-corrected chi connectivity index (χ3v) is 5.53. The predicted octanol–water partition coefficient (Wildman–Crippen LogP) is 5.25. The molecule has 27 heavy (non-hydrogen) atoms. The average Bonchev–Trinajstić information content (AvgIpc) is 3.00. The van der Waals surface area contributed by atoms with Crippen LogP contribution < -0.4 is 0 Å². The fraction of sp³-hybridized carbons (Fsp3) is 0.304. The van der Waals surface area contributed by atoms with Gasteiger partial charge in [0.05, 0.1) is 18.9 Å². The van der Waals surface area contributed by atoms with Crippen LogP contribution in [0.1, 0.15) is 16.8 Å². The summed E-state index contributed by atoms with van der Waals surface area (Å²) in [5.41, 5.74) is 7.50. The molecular weight excluding hydrogens is 356 g/mol. The van der Waals surface area contributed by atoms with Crippen molar-refractivity contribution in [3.05, 3.63) is 76.4 Å². The molecule has 3 nitrogen and oxygen atoms in total. The van der Waals surface area contributed by atoms with E-state index in [-0.39, 0.29) is 0 Å². The molecule has 1 aromatic heterocycles. The lowest BCUT2D eigenvalue weighted by atomic mass is 10.1. The van der Waals surface area contributed by atoms with Gasteiger partial charge in [0.2, 0.25) is 0 Å². The first-order valence-corrected chi connectivity index (χ1v) is 9.84. The maximum absolute atomic E-state index is 6.12. The molecule has 0 N–H and O–H groups in total. The highest BCUT2D eigenvalue weighted by atomic mass is 35.5. The Morgan fingerprint density at radius 3 is 2.26 bits per heavy atom. The van der Waals surface area contributed by atoms with Gasteiger partial charge in [0.25, 0.3) is 0 Å². The molecular formula is C23H25ClN2O. The fourth-order valence-corrected chi connectivity index (χ4v) is 3.80. The molecule has 1 fully saturated rings. The Hall–Kier alpha value is -2.07. The molecule has 0 radical (unpaired) electrons. The number of nitrogens with zero attached hydrogens (tertiary/aromatic N) is 2. The molecule has 4 heteroatoms. The molecule has 0 spiro atoms. The van der Waals surface area contributed by atoms with E-state index >= 15 is 0 Å². The second-order valence-corrected chi connectivity index (χ2v) is 7.64. The normalized spacial score (nSPS) is 15.2. The van der Waals surface area contributed by atoms with Gasteiger partial charge < -0.3 is 9.30 Å². The highest BCUT2D eigenvalue weighted by molar-refractivity contribution is 6.30. The van der Waals surface area contributed by atoms with Crippen LogP contribution in [0.4, 0.5) is 0 Å². The third-order valence-electron chi connectivity index (χ3n) is 5.28. The summed E-state index contributed by atoms with van der Waals surface area (Å²) < 4.78 is 7.84. The molecule has 4 rings (SSSR count). The third kappa shape index (κ3) is 3.96. The van der Waals surface area contributed by atoms with Crippen molar-refractivity contribution >= 4 is 11.6 Å². The summed E-state index contributed by atoms with van der Waals surface area (Å²) in [6.07, 6.45) is 0. The number of halogens is 1. The zero-order chi connectivity index (χ0) is 18.8. The first-order valence-electron chi connectivity index (χ1n) is 9.46. The number of rotatable bonds is 4. The van der Waals surface area contributed by atoms with Crippen LogP contribution in [-0.4, -0.2) is 35.8 Å². The number of ether oxygens (including phenoxy) is 1. The van der Waals surface area contributed by atoms with Gasteiger partial charge >= 0.3 is 0 Å². The van der Waals surface area contributed by atoms with Crippen molar-refractivity contribution in [2.75, 3.05) is 26.3 Å². The van der Waals surface area contributed by atoms with E-state index in [1.165, 1.54) is 28.1 Å². The van der Waals surface area contributed by atoms with Crippen LogP contribution in [0.15, 0.2) is 54.6 Å². The van der Waals surface area contributed by atoms with Gasteiger partial charge in [0.1, 0.15) is 0 Å². The Bertz CT molecular complexity index is 907. The monoisotopic (exact) mass is 380 g/mol. The molecule has 0 atom stereocenters. The highest BCUT2D eigenvalue weighted by Crippen LogP contribution is 2.31. The molecule has 0 bridgehead atoms. The van der Waals surface area contributed by atoms with Crippen molar-refractivity contribution in [1.29, 1.82) is 0 Å². The minimum Gasteiger partial charge on any atom is -0.379 e. The molecule has 2 heterocycles. The van der Waals surface area contributed by atoms with Gasteiger partial charge in [-0.1, -0.05) is 41.4 Å². The number of aromatic nitrogens is 1. The Morgan fingerprint density at radius 2 is 1.59 bits per heavy atom. The zero-order valence-corrected chi connectivity index (χ0v) is 16.7. The van der Waals surface area contributed by atoms with Gasteiger partial charge in [-0.05, 0) is 55.3 Å². The molecule has 3 aromatic rings. The van der Waals surface area contributed by atoms with Crippen LogP contribution in [0.25, 0.3) is 16.9 Å². The van der Waals surface area contributed by atoms with Crippen molar-refractivity contribution in [1.82, 2.24) is 9.47 Å². The van der Waals surface area contributed by atoms with Crippen molar-refractivity contribution in [3.8, 4) is 16.9 Å². The number of aryl methyl sites for hydroxylation is 1. The lowest BCUT2D eigenvalue weighted by Gasteiger charge is -2.26. The summed E-state index contributed by atoms with van der Waals surface area (Å²) in [5, 5.41) is 0.758. The fourth-order valence-electron chi connectivity index (χ4n) is 3.68. The Morgan fingerprint density at radius 1 is 0.926 bits per heavy atom. The van der Waals surface area contributed by atoms with Gasteiger partial charge in [-0.3, -0.25) is 4.90 Å². The van der Waals surface area contributed by atoms with Crippen molar-refractivity contribution in [2.24, 2.45) is 0 Å². The Kier molecular flexibility index (Phi) is 5.35. The van der Waals surface area contributed by atoms with Crippen molar-refractivity contribution < 1.29 is 4.74 Å². The SMILES string of the molecule is Cc1ccc(-c2cc(CN3CCOCC3)c(C)n2-c2ccc(Cl)cc2)cc1. The lowest BCUT2D eigenvalue weighted by molar-refractivity contribution is 0.0341. The van der Waals surface area contributed by atoms with Crippen LogP contribution in [0.5, 0.6) is 0 Å². The standard InChI is InChI=1S/C23H25ClN2O/c1-17-3-5-19(6-4-17)23-15-20(16-25-11-13-27-14-12-25)18(2)26(23)22-9-7-21(24)8-10-22/h3-10,15H,11-14,16H2,1-2H3. The van der Waals surface area contributed by atoms with E-state index in [0.29, 0.717) is 0 Å². The lowest BCUT2D eigenvalue weighted by Crippen LogP contribution is -2.35. The van der Waals surface area contributed by atoms with E-state index < -0.39 is 0 Å².